The summed E-state index contributed by atoms with van der Waals surface area (Å²) in [6.45, 7) is 11.0. The maximum atomic E-state index is 14.1. The number of aromatic nitrogens is 1. The zero-order valence-corrected chi connectivity index (χ0v) is 28.4. The monoisotopic (exact) mass is 665 g/mol. The van der Waals surface area contributed by atoms with E-state index in [1.807, 2.05) is 44.2 Å². The second-order valence-corrected chi connectivity index (χ2v) is 12.9. The van der Waals surface area contributed by atoms with E-state index >= 15 is 0 Å². The van der Waals surface area contributed by atoms with E-state index in [0.717, 1.165) is 5.56 Å². The van der Waals surface area contributed by atoms with Gasteiger partial charge in [0.25, 0.3) is 5.91 Å². The molecule has 48 heavy (non-hydrogen) atoms. The van der Waals surface area contributed by atoms with Crippen molar-refractivity contribution in [3.05, 3.63) is 65.6 Å². The molecule has 1 fully saturated rings. The first-order valence-corrected chi connectivity index (χ1v) is 16.3. The number of esters is 1. The number of allylic oxidation sites excluding steroid dienone is 1. The number of benzene rings is 1. The standard InChI is InChI=1S/C35H47N5O8/c1-20(2)16-27(38-35(46)30(21(3)4)39-32(43)23(6)37-34(45)28-17-22(5)48-40-28)31(42)25(18-26-14-15-36-33(26)44)12-13-29(41)47-19-24-10-8-7-9-11-24/h7-13,17,20-21,23,25-27,30H,14-16,18-19H2,1-6H3,(H,36,44)(H,37,45)(H,38,46)(H,39,43)/b13-12+/t23-,25?,26-,27?,30-/m0/s1. The van der Waals surface area contributed by atoms with Crippen molar-refractivity contribution in [2.75, 3.05) is 6.54 Å². The lowest BCUT2D eigenvalue weighted by Gasteiger charge is -2.28. The van der Waals surface area contributed by atoms with E-state index < -0.39 is 53.7 Å². The highest BCUT2D eigenvalue weighted by Crippen LogP contribution is 2.24. The molecule has 1 saturated heterocycles. The van der Waals surface area contributed by atoms with Crippen LogP contribution in [-0.2, 0) is 35.3 Å². The summed E-state index contributed by atoms with van der Waals surface area (Å²) in [6.07, 6.45) is 3.63. The average Bonchev–Trinajstić information content (AvgIpc) is 3.67. The fourth-order valence-corrected chi connectivity index (χ4v) is 5.30. The molecule has 0 bridgehead atoms. The lowest BCUT2D eigenvalue weighted by atomic mass is 9.84. The molecular formula is C35H47N5O8. The predicted molar refractivity (Wildman–Crippen MR) is 176 cm³/mol. The highest BCUT2D eigenvalue weighted by atomic mass is 16.5. The average molecular weight is 666 g/mol. The lowest BCUT2D eigenvalue weighted by molar-refractivity contribution is -0.139. The van der Waals surface area contributed by atoms with Crippen molar-refractivity contribution in [3.8, 4) is 0 Å². The van der Waals surface area contributed by atoms with Crippen LogP contribution in [-0.4, -0.2) is 65.2 Å². The maximum Gasteiger partial charge on any atom is 0.330 e. The van der Waals surface area contributed by atoms with E-state index in [-0.39, 0.29) is 48.7 Å². The molecule has 1 aliphatic rings. The molecule has 0 spiro atoms. The Labute approximate surface area is 281 Å². The SMILES string of the molecule is Cc1cc(C(=O)N[C@@H](C)C(=O)N[C@H](C(=O)NC(CC(C)C)C(=O)C(/C=C/C(=O)OCc2ccccc2)C[C@@H]2CCNC2=O)C(C)C)no1. The van der Waals surface area contributed by atoms with Crippen molar-refractivity contribution in [2.45, 2.75) is 85.5 Å². The molecule has 1 aromatic heterocycles. The van der Waals surface area contributed by atoms with Gasteiger partial charge in [0, 0.05) is 30.5 Å². The van der Waals surface area contributed by atoms with Crippen LogP contribution in [0.3, 0.4) is 0 Å². The quantitative estimate of drug-likeness (QED) is 0.146. The van der Waals surface area contributed by atoms with Crippen LogP contribution in [0.1, 0.15) is 75.7 Å². The Bertz CT molecular complexity index is 1470. The number of ether oxygens (including phenoxy) is 1. The van der Waals surface area contributed by atoms with Crippen molar-refractivity contribution in [1.82, 2.24) is 26.4 Å². The summed E-state index contributed by atoms with van der Waals surface area (Å²) in [6, 6.07) is 7.59. The van der Waals surface area contributed by atoms with Crippen LogP contribution >= 0.6 is 0 Å². The van der Waals surface area contributed by atoms with E-state index in [1.165, 1.54) is 25.1 Å². The highest BCUT2D eigenvalue weighted by molar-refractivity contribution is 5.98. The van der Waals surface area contributed by atoms with Gasteiger partial charge in [-0.05, 0) is 50.5 Å². The van der Waals surface area contributed by atoms with Gasteiger partial charge in [-0.25, -0.2) is 4.79 Å². The highest BCUT2D eigenvalue weighted by Gasteiger charge is 2.35. The predicted octanol–water partition coefficient (Wildman–Crippen LogP) is 2.78. The van der Waals surface area contributed by atoms with E-state index in [0.29, 0.717) is 18.7 Å². The fourth-order valence-electron chi connectivity index (χ4n) is 5.30. The zero-order valence-electron chi connectivity index (χ0n) is 28.4. The van der Waals surface area contributed by atoms with Gasteiger partial charge in [0.1, 0.15) is 24.5 Å². The number of Topliss-reactive ketones (excluding diaryl/α,β-unsaturated/α-hetero) is 1. The lowest BCUT2D eigenvalue weighted by Crippen LogP contribution is -2.57. The van der Waals surface area contributed by atoms with Crippen molar-refractivity contribution < 1.29 is 38.0 Å². The number of hydrogen-bond acceptors (Lipinski definition) is 9. The molecule has 4 N–H and O–H groups in total. The van der Waals surface area contributed by atoms with E-state index in [4.69, 9.17) is 9.26 Å². The second kappa shape index (κ2) is 17.9. The van der Waals surface area contributed by atoms with Gasteiger partial charge in [-0.2, -0.15) is 0 Å². The summed E-state index contributed by atoms with van der Waals surface area (Å²) < 4.78 is 10.3. The van der Waals surface area contributed by atoms with E-state index in [1.54, 1.807) is 20.8 Å². The van der Waals surface area contributed by atoms with Crippen LogP contribution in [0, 0.1) is 30.6 Å². The van der Waals surface area contributed by atoms with Gasteiger partial charge >= 0.3 is 5.97 Å². The first-order valence-electron chi connectivity index (χ1n) is 16.3. The van der Waals surface area contributed by atoms with Gasteiger partial charge in [0.2, 0.25) is 17.7 Å². The van der Waals surface area contributed by atoms with E-state index in [9.17, 15) is 28.8 Å². The minimum Gasteiger partial charge on any atom is -0.458 e. The molecule has 2 aromatic rings. The van der Waals surface area contributed by atoms with Crippen molar-refractivity contribution >= 4 is 35.4 Å². The molecule has 2 unspecified atom stereocenters. The molecule has 4 amide bonds. The Morgan fingerprint density at radius 2 is 1.73 bits per heavy atom. The smallest absolute Gasteiger partial charge is 0.330 e. The Kier molecular flexibility index (Phi) is 14.1. The molecule has 0 radical (unpaired) electrons. The molecule has 0 saturated carbocycles. The fraction of sp³-hybridized carbons (Fsp3) is 0.514. The van der Waals surface area contributed by atoms with E-state index in [2.05, 4.69) is 26.4 Å². The molecule has 5 atom stereocenters. The zero-order chi connectivity index (χ0) is 35.4. The third-order valence-electron chi connectivity index (χ3n) is 7.97. The summed E-state index contributed by atoms with van der Waals surface area (Å²) in [5, 5.41) is 14.5. The molecular weight excluding hydrogens is 618 g/mol. The van der Waals surface area contributed by atoms with Gasteiger partial charge in [-0.15, -0.1) is 0 Å². The van der Waals surface area contributed by atoms with Gasteiger partial charge in [-0.1, -0.05) is 69.3 Å². The molecule has 1 aliphatic heterocycles. The van der Waals surface area contributed by atoms with Crippen molar-refractivity contribution in [1.29, 1.82) is 0 Å². The Morgan fingerprint density at radius 1 is 1.02 bits per heavy atom. The number of carbonyl (C=O) groups is 6. The molecule has 3 rings (SSSR count). The summed E-state index contributed by atoms with van der Waals surface area (Å²) >= 11 is 0. The number of nitrogens with zero attached hydrogens (tertiary/aromatic N) is 1. The first kappa shape index (κ1) is 37.6. The van der Waals surface area contributed by atoms with Gasteiger partial charge in [0.05, 0.1) is 6.04 Å². The third-order valence-corrected chi connectivity index (χ3v) is 7.97. The minimum absolute atomic E-state index is 0.00279. The summed E-state index contributed by atoms with van der Waals surface area (Å²) in [4.78, 5) is 78.3. The Balaban J connectivity index is 1.73. The number of carbonyl (C=O) groups excluding carboxylic acids is 6. The molecule has 13 heteroatoms. The maximum absolute atomic E-state index is 14.1. The number of aryl methyl sites for hydroxylation is 1. The summed E-state index contributed by atoms with van der Waals surface area (Å²) in [5.41, 5.74) is 0.825. The van der Waals surface area contributed by atoms with Crippen molar-refractivity contribution in [3.63, 3.8) is 0 Å². The number of hydrogen-bond donors (Lipinski definition) is 4. The topological polar surface area (TPSA) is 186 Å². The Hall–Kier alpha value is -4.81. The van der Waals surface area contributed by atoms with Gasteiger partial charge in [0.15, 0.2) is 11.5 Å². The molecule has 0 aliphatic carbocycles. The van der Waals surface area contributed by atoms with Gasteiger partial charge in [-0.3, -0.25) is 24.0 Å². The van der Waals surface area contributed by atoms with Crippen LogP contribution in [0.2, 0.25) is 0 Å². The van der Waals surface area contributed by atoms with Crippen LogP contribution in [0.15, 0.2) is 53.1 Å². The molecule has 13 nitrogen and oxygen atoms in total. The van der Waals surface area contributed by atoms with Gasteiger partial charge < -0.3 is 30.5 Å². The second-order valence-electron chi connectivity index (χ2n) is 12.9. The summed E-state index contributed by atoms with van der Waals surface area (Å²) in [5.74, 6) is -4.19. The molecule has 1 aromatic carbocycles. The third kappa shape index (κ3) is 11.5. The molecule has 2 heterocycles. The summed E-state index contributed by atoms with van der Waals surface area (Å²) in [7, 11) is 0. The normalized spacial score (nSPS) is 17.0. The molecule has 260 valence electrons. The number of rotatable bonds is 17. The number of amides is 4. The number of ketones is 1. The van der Waals surface area contributed by atoms with Crippen molar-refractivity contribution in [2.24, 2.45) is 23.7 Å². The van der Waals surface area contributed by atoms with Crippen LogP contribution in [0.5, 0.6) is 0 Å². The number of nitrogens with one attached hydrogen (secondary N) is 4. The first-order chi connectivity index (χ1) is 22.7. The van der Waals surface area contributed by atoms with Crippen LogP contribution < -0.4 is 21.3 Å². The van der Waals surface area contributed by atoms with Crippen LogP contribution in [0.25, 0.3) is 0 Å². The largest absolute Gasteiger partial charge is 0.458 e. The van der Waals surface area contributed by atoms with Crippen LogP contribution in [0.4, 0.5) is 0 Å². The minimum atomic E-state index is -1.03. The Morgan fingerprint density at radius 3 is 2.31 bits per heavy atom.